The summed E-state index contributed by atoms with van der Waals surface area (Å²) in [5.41, 5.74) is 0. The normalized spacial score (nSPS) is 25.5. The fourth-order valence-corrected chi connectivity index (χ4v) is 1.83. The lowest BCUT2D eigenvalue weighted by Crippen LogP contribution is -2.47. The molecule has 2 nitrogen and oxygen atoms in total. The van der Waals surface area contributed by atoms with Gasteiger partial charge in [0, 0.05) is 13.2 Å². The van der Waals surface area contributed by atoms with Crippen molar-refractivity contribution in [1.29, 1.82) is 0 Å². The molecule has 0 spiro atoms. The molecule has 72 valence electrons. The first-order valence-corrected chi connectivity index (χ1v) is 5.25. The van der Waals surface area contributed by atoms with E-state index < -0.39 is 0 Å². The van der Waals surface area contributed by atoms with Gasteiger partial charge >= 0.3 is 0 Å². The van der Waals surface area contributed by atoms with Crippen molar-refractivity contribution in [3.8, 4) is 0 Å². The van der Waals surface area contributed by atoms with Crippen molar-refractivity contribution in [3.63, 3.8) is 0 Å². The standard InChI is InChI=1S/C8H15NO.C2H6/c1-3-10-4-2-7(1)8-5-9-6-8;1-2/h7-9H,1-6H2;1-2H3. The minimum Gasteiger partial charge on any atom is -0.381 e. The first-order chi connectivity index (χ1) is 5.97. The van der Waals surface area contributed by atoms with Crippen molar-refractivity contribution in [1.82, 2.24) is 5.32 Å². The summed E-state index contributed by atoms with van der Waals surface area (Å²) in [6.45, 7) is 8.51. The zero-order valence-electron chi connectivity index (χ0n) is 8.31. The Kier molecular flexibility index (Phi) is 4.62. The summed E-state index contributed by atoms with van der Waals surface area (Å²) >= 11 is 0. The zero-order chi connectivity index (χ0) is 8.81. The molecular formula is C10H21NO. The largest absolute Gasteiger partial charge is 0.381 e. The van der Waals surface area contributed by atoms with Crippen LogP contribution in [0, 0.1) is 11.8 Å². The lowest BCUT2D eigenvalue weighted by atomic mass is 9.82. The van der Waals surface area contributed by atoms with Crippen molar-refractivity contribution in [2.45, 2.75) is 26.7 Å². The van der Waals surface area contributed by atoms with Gasteiger partial charge in [-0.05, 0) is 37.8 Å². The van der Waals surface area contributed by atoms with Crippen LogP contribution in [-0.2, 0) is 4.74 Å². The van der Waals surface area contributed by atoms with Crippen LogP contribution in [0.3, 0.4) is 0 Å². The van der Waals surface area contributed by atoms with Gasteiger partial charge in [-0.25, -0.2) is 0 Å². The predicted octanol–water partition coefficient (Wildman–Crippen LogP) is 1.66. The maximum atomic E-state index is 5.30. The van der Waals surface area contributed by atoms with Gasteiger partial charge in [0.2, 0.25) is 0 Å². The van der Waals surface area contributed by atoms with Gasteiger partial charge in [-0.15, -0.1) is 0 Å². The smallest absolute Gasteiger partial charge is 0.0468 e. The number of hydrogen-bond donors (Lipinski definition) is 1. The van der Waals surface area contributed by atoms with Gasteiger partial charge in [0.05, 0.1) is 0 Å². The molecule has 0 aromatic rings. The molecule has 2 saturated heterocycles. The van der Waals surface area contributed by atoms with Gasteiger partial charge in [-0.1, -0.05) is 13.8 Å². The van der Waals surface area contributed by atoms with E-state index in [0.717, 1.165) is 25.0 Å². The van der Waals surface area contributed by atoms with Gasteiger partial charge in [0.1, 0.15) is 0 Å². The molecule has 0 amide bonds. The summed E-state index contributed by atoms with van der Waals surface area (Å²) < 4.78 is 5.30. The molecule has 2 aliphatic heterocycles. The topological polar surface area (TPSA) is 21.3 Å². The number of nitrogens with one attached hydrogen (secondary N) is 1. The van der Waals surface area contributed by atoms with E-state index >= 15 is 0 Å². The van der Waals surface area contributed by atoms with Crippen LogP contribution in [0.25, 0.3) is 0 Å². The molecule has 0 radical (unpaired) electrons. The quantitative estimate of drug-likeness (QED) is 0.648. The van der Waals surface area contributed by atoms with Crippen LogP contribution in [0.2, 0.25) is 0 Å². The lowest BCUT2D eigenvalue weighted by Gasteiger charge is -2.36. The highest BCUT2D eigenvalue weighted by molar-refractivity contribution is 4.82. The summed E-state index contributed by atoms with van der Waals surface area (Å²) in [5.74, 6) is 1.94. The van der Waals surface area contributed by atoms with Crippen molar-refractivity contribution in [2.24, 2.45) is 11.8 Å². The number of rotatable bonds is 1. The minimum atomic E-state index is 0.968. The van der Waals surface area contributed by atoms with E-state index in [1.807, 2.05) is 13.8 Å². The molecule has 2 heteroatoms. The SMILES string of the molecule is C1CC(C2CNC2)CCO1.CC. The van der Waals surface area contributed by atoms with Crippen LogP contribution in [0.4, 0.5) is 0 Å². The van der Waals surface area contributed by atoms with Gasteiger partial charge in [-0.3, -0.25) is 0 Å². The summed E-state index contributed by atoms with van der Waals surface area (Å²) in [5, 5.41) is 3.32. The number of ether oxygens (including phenoxy) is 1. The Balaban J connectivity index is 0.000000336. The van der Waals surface area contributed by atoms with Crippen LogP contribution < -0.4 is 5.32 Å². The molecule has 0 unspecified atom stereocenters. The van der Waals surface area contributed by atoms with E-state index in [-0.39, 0.29) is 0 Å². The van der Waals surface area contributed by atoms with E-state index in [0.29, 0.717) is 0 Å². The van der Waals surface area contributed by atoms with Crippen LogP contribution in [-0.4, -0.2) is 26.3 Å². The molecule has 12 heavy (non-hydrogen) atoms. The van der Waals surface area contributed by atoms with E-state index in [1.54, 1.807) is 0 Å². The van der Waals surface area contributed by atoms with Crippen molar-refractivity contribution < 1.29 is 4.74 Å². The van der Waals surface area contributed by atoms with Gasteiger partial charge in [0.15, 0.2) is 0 Å². The van der Waals surface area contributed by atoms with E-state index in [4.69, 9.17) is 4.74 Å². The average molecular weight is 171 g/mol. The maximum absolute atomic E-state index is 5.30. The molecule has 0 aromatic heterocycles. The Morgan fingerprint density at radius 3 is 2.00 bits per heavy atom. The van der Waals surface area contributed by atoms with Gasteiger partial charge in [-0.2, -0.15) is 0 Å². The minimum absolute atomic E-state index is 0.968. The molecule has 2 aliphatic rings. The Bertz CT molecular complexity index is 106. The Labute approximate surface area is 75.7 Å². The average Bonchev–Trinajstić information content (AvgIpc) is 2.07. The Hall–Kier alpha value is -0.0800. The van der Waals surface area contributed by atoms with Gasteiger partial charge in [0.25, 0.3) is 0 Å². The molecular weight excluding hydrogens is 150 g/mol. The number of hydrogen-bond acceptors (Lipinski definition) is 2. The third-order valence-corrected chi connectivity index (χ3v) is 2.75. The van der Waals surface area contributed by atoms with Crippen molar-refractivity contribution >= 4 is 0 Å². The first kappa shape index (κ1) is 10.0. The lowest BCUT2D eigenvalue weighted by molar-refractivity contribution is 0.0359. The van der Waals surface area contributed by atoms with Crippen LogP contribution >= 0.6 is 0 Å². The van der Waals surface area contributed by atoms with E-state index in [2.05, 4.69) is 5.32 Å². The van der Waals surface area contributed by atoms with Crippen LogP contribution in [0.1, 0.15) is 26.7 Å². The molecule has 0 saturated carbocycles. The third-order valence-electron chi connectivity index (χ3n) is 2.75. The summed E-state index contributed by atoms with van der Waals surface area (Å²) in [4.78, 5) is 0. The Morgan fingerprint density at radius 1 is 1.00 bits per heavy atom. The van der Waals surface area contributed by atoms with Crippen LogP contribution in [0.5, 0.6) is 0 Å². The monoisotopic (exact) mass is 171 g/mol. The van der Waals surface area contributed by atoms with Crippen LogP contribution in [0.15, 0.2) is 0 Å². The molecule has 2 rings (SSSR count). The molecule has 2 heterocycles. The van der Waals surface area contributed by atoms with Crippen molar-refractivity contribution in [3.05, 3.63) is 0 Å². The van der Waals surface area contributed by atoms with E-state index in [1.165, 1.54) is 25.9 Å². The highest BCUT2D eigenvalue weighted by Gasteiger charge is 2.27. The second-order valence-corrected chi connectivity index (χ2v) is 3.37. The fourth-order valence-electron chi connectivity index (χ4n) is 1.83. The molecule has 1 N–H and O–H groups in total. The molecule has 0 atom stereocenters. The highest BCUT2D eigenvalue weighted by atomic mass is 16.5. The third kappa shape index (κ3) is 2.46. The van der Waals surface area contributed by atoms with Gasteiger partial charge < -0.3 is 10.1 Å². The summed E-state index contributed by atoms with van der Waals surface area (Å²) in [6, 6.07) is 0. The molecule has 0 aromatic carbocycles. The summed E-state index contributed by atoms with van der Waals surface area (Å²) in [7, 11) is 0. The zero-order valence-corrected chi connectivity index (χ0v) is 8.31. The Morgan fingerprint density at radius 2 is 1.58 bits per heavy atom. The first-order valence-electron chi connectivity index (χ1n) is 5.25. The fraction of sp³-hybridized carbons (Fsp3) is 1.00. The maximum Gasteiger partial charge on any atom is 0.0468 e. The molecule has 0 aliphatic carbocycles. The molecule has 2 fully saturated rings. The second kappa shape index (κ2) is 5.55. The summed E-state index contributed by atoms with van der Waals surface area (Å²) in [6.07, 6.45) is 2.60. The predicted molar refractivity (Wildman–Crippen MR) is 51.3 cm³/mol. The van der Waals surface area contributed by atoms with Crippen molar-refractivity contribution in [2.75, 3.05) is 26.3 Å². The van der Waals surface area contributed by atoms with E-state index in [9.17, 15) is 0 Å². The molecule has 0 bridgehead atoms. The second-order valence-electron chi connectivity index (χ2n) is 3.37. The highest BCUT2D eigenvalue weighted by Crippen LogP contribution is 2.25.